The van der Waals surface area contributed by atoms with E-state index in [4.69, 9.17) is 10.8 Å². The molecule has 0 aliphatic heterocycles. The zero-order chi connectivity index (χ0) is 12.3. The maximum absolute atomic E-state index is 8.85. The lowest BCUT2D eigenvalue weighted by molar-refractivity contribution is -0.683. The smallest absolute Gasteiger partial charge is 0.225 e. The van der Waals surface area contributed by atoms with E-state index in [-0.39, 0.29) is 6.61 Å². The Kier molecular flexibility index (Phi) is 3.65. The molecular weight excluding hydrogens is 236 g/mol. The van der Waals surface area contributed by atoms with Crippen molar-refractivity contribution in [3.63, 3.8) is 0 Å². The predicted octanol–water partition coefficient (Wildman–Crippen LogP) is 0.299. The number of nitrogens with zero attached hydrogens (tertiary/aromatic N) is 3. The Bertz CT molecular complexity index is 512. The van der Waals surface area contributed by atoms with Gasteiger partial charge in [0.25, 0.3) is 0 Å². The lowest BCUT2D eigenvalue weighted by Gasteiger charge is -2.00. The zero-order valence-corrected chi connectivity index (χ0v) is 10.4. The number of aromatic nitrogens is 3. The maximum atomic E-state index is 8.85. The van der Waals surface area contributed by atoms with Crippen LogP contribution >= 0.6 is 11.3 Å². The fourth-order valence-electron chi connectivity index (χ4n) is 1.53. The third kappa shape index (κ3) is 2.98. The summed E-state index contributed by atoms with van der Waals surface area (Å²) >= 11 is 1.62. The Labute approximate surface area is 104 Å². The highest BCUT2D eigenvalue weighted by Gasteiger charge is 2.11. The van der Waals surface area contributed by atoms with Crippen molar-refractivity contribution >= 4 is 17.2 Å². The Morgan fingerprint density at radius 1 is 1.53 bits per heavy atom. The monoisotopic (exact) mass is 251 g/mol. The molecule has 0 bridgehead atoms. The van der Waals surface area contributed by atoms with Gasteiger partial charge in [-0.25, -0.2) is 9.97 Å². The van der Waals surface area contributed by atoms with Crippen LogP contribution in [-0.4, -0.2) is 21.7 Å². The number of hydrogen-bond donors (Lipinski definition) is 2. The standard InChI is InChI=1S/C11H15N4OS/c1-8-13-4-9(11(12)14-8)5-15-6-10(2-3-16)17-7-15/h4,6-7,16H,2-3,5H2,1H3,(H2,12,13,14)/q+1. The molecule has 0 spiro atoms. The highest BCUT2D eigenvalue weighted by Crippen LogP contribution is 2.09. The van der Waals surface area contributed by atoms with Gasteiger partial charge in [0.1, 0.15) is 11.6 Å². The van der Waals surface area contributed by atoms with E-state index in [0.29, 0.717) is 24.6 Å². The van der Waals surface area contributed by atoms with E-state index in [1.165, 1.54) is 0 Å². The molecule has 2 heterocycles. The number of nitrogens with two attached hydrogens (primary N) is 1. The Morgan fingerprint density at radius 2 is 2.35 bits per heavy atom. The summed E-state index contributed by atoms with van der Waals surface area (Å²) in [6, 6.07) is 0. The first-order valence-corrected chi connectivity index (χ1v) is 6.22. The largest absolute Gasteiger partial charge is 0.396 e. The molecule has 2 aromatic rings. The maximum Gasteiger partial charge on any atom is 0.225 e. The van der Waals surface area contributed by atoms with Crippen LogP contribution in [0.25, 0.3) is 0 Å². The zero-order valence-electron chi connectivity index (χ0n) is 9.63. The molecule has 0 unspecified atom stereocenters. The van der Waals surface area contributed by atoms with Gasteiger partial charge in [-0.3, -0.25) is 0 Å². The molecule has 5 nitrogen and oxygen atoms in total. The quantitative estimate of drug-likeness (QED) is 0.766. The first kappa shape index (κ1) is 11.9. The molecule has 6 heteroatoms. The van der Waals surface area contributed by atoms with E-state index < -0.39 is 0 Å². The van der Waals surface area contributed by atoms with Crippen molar-refractivity contribution in [3.8, 4) is 0 Å². The van der Waals surface area contributed by atoms with Gasteiger partial charge in [-0.2, -0.15) is 4.57 Å². The van der Waals surface area contributed by atoms with Gasteiger partial charge in [-0.05, 0) is 6.92 Å². The predicted molar refractivity (Wildman–Crippen MR) is 65.6 cm³/mol. The minimum atomic E-state index is 0.177. The van der Waals surface area contributed by atoms with Crippen LogP contribution in [0.2, 0.25) is 0 Å². The van der Waals surface area contributed by atoms with Crippen molar-refractivity contribution < 1.29 is 9.67 Å². The van der Waals surface area contributed by atoms with Crippen LogP contribution in [0.1, 0.15) is 16.3 Å². The number of hydrogen-bond acceptors (Lipinski definition) is 5. The molecule has 90 valence electrons. The van der Waals surface area contributed by atoms with Crippen LogP contribution < -0.4 is 10.3 Å². The minimum absolute atomic E-state index is 0.177. The fraction of sp³-hybridized carbons (Fsp3) is 0.364. The molecule has 0 saturated heterocycles. The molecule has 0 amide bonds. The molecule has 0 radical (unpaired) electrons. The summed E-state index contributed by atoms with van der Waals surface area (Å²) in [4.78, 5) is 9.42. The van der Waals surface area contributed by atoms with Crippen LogP contribution in [0, 0.1) is 6.92 Å². The summed E-state index contributed by atoms with van der Waals surface area (Å²) in [6.45, 7) is 2.65. The SMILES string of the molecule is Cc1ncc(C[n+]2csc(CCO)c2)c(N)n1. The fourth-order valence-corrected chi connectivity index (χ4v) is 2.34. The van der Waals surface area contributed by atoms with Crippen molar-refractivity contribution in [2.45, 2.75) is 19.9 Å². The van der Waals surface area contributed by atoms with E-state index in [0.717, 1.165) is 10.4 Å². The van der Waals surface area contributed by atoms with E-state index in [9.17, 15) is 0 Å². The number of aliphatic hydroxyl groups excluding tert-OH is 1. The molecule has 3 N–H and O–H groups in total. The first-order chi connectivity index (χ1) is 8.19. The molecule has 0 atom stereocenters. The summed E-state index contributed by atoms with van der Waals surface area (Å²) in [7, 11) is 0. The molecule has 0 fully saturated rings. The number of anilines is 1. The Morgan fingerprint density at radius 3 is 3.06 bits per heavy atom. The van der Waals surface area contributed by atoms with E-state index >= 15 is 0 Å². The normalized spacial score (nSPS) is 10.7. The average Bonchev–Trinajstić information content (AvgIpc) is 2.71. The van der Waals surface area contributed by atoms with E-state index in [2.05, 4.69) is 9.97 Å². The average molecular weight is 251 g/mol. The number of thiazole rings is 1. The number of nitrogen functional groups attached to an aromatic ring is 1. The summed E-state index contributed by atoms with van der Waals surface area (Å²) in [5, 5.41) is 8.85. The summed E-state index contributed by atoms with van der Waals surface area (Å²) in [6.07, 6.45) is 4.46. The summed E-state index contributed by atoms with van der Waals surface area (Å²) in [5.74, 6) is 1.21. The lowest BCUT2D eigenvalue weighted by Crippen LogP contribution is -2.31. The first-order valence-electron chi connectivity index (χ1n) is 5.34. The summed E-state index contributed by atoms with van der Waals surface area (Å²) < 4.78 is 2.03. The number of rotatable bonds is 4. The van der Waals surface area contributed by atoms with Crippen molar-refractivity contribution in [1.82, 2.24) is 9.97 Å². The minimum Gasteiger partial charge on any atom is -0.396 e. The van der Waals surface area contributed by atoms with Gasteiger partial charge in [0.15, 0.2) is 12.7 Å². The topological polar surface area (TPSA) is 75.9 Å². The second-order valence-electron chi connectivity index (χ2n) is 3.79. The van der Waals surface area contributed by atoms with Crippen LogP contribution in [-0.2, 0) is 13.0 Å². The van der Waals surface area contributed by atoms with Gasteiger partial charge in [0, 0.05) is 19.2 Å². The van der Waals surface area contributed by atoms with Gasteiger partial charge in [0.05, 0.1) is 10.4 Å². The van der Waals surface area contributed by atoms with Crippen molar-refractivity contribution in [1.29, 1.82) is 0 Å². The van der Waals surface area contributed by atoms with Crippen LogP contribution in [0.5, 0.6) is 0 Å². The number of aryl methyl sites for hydroxylation is 1. The Hall–Kier alpha value is -1.53. The second-order valence-corrected chi connectivity index (χ2v) is 4.76. The molecule has 2 aromatic heterocycles. The van der Waals surface area contributed by atoms with Crippen molar-refractivity contribution in [2.75, 3.05) is 12.3 Å². The van der Waals surface area contributed by atoms with Gasteiger partial charge < -0.3 is 10.8 Å². The van der Waals surface area contributed by atoms with E-state index in [1.54, 1.807) is 17.5 Å². The molecular formula is C11H15N4OS+. The highest BCUT2D eigenvalue weighted by molar-refractivity contribution is 7.09. The lowest BCUT2D eigenvalue weighted by atomic mass is 10.3. The van der Waals surface area contributed by atoms with Crippen molar-refractivity contribution in [3.05, 3.63) is 34.2 Å². The Balaban J connectivity index is 2.13. The molecule has 0 saturated carbocycles. The van der Waals surface area contributed by atoms with Crippen molar-refractivity contribution in [2.24, 2.45) is 0 Å². The molecule has 0 aliphatic rings. The van der Waals surface area contributed by atoms with Gasteiger partial charge >= 0.3 is 0 Å². The second kappa shape index (κ2) is 5.20. The van der Waals surface area contributed by atoms with Crippen LogP contribution in [0.4, 0.5) is 5.82 Å². The molecule has 0 aromatic carbocycles. The van der Waals surface area contributed by atoms with E-state index in [1.807, 2.05) is 23.2 Å². The molecule has 2 rings (SSSR count). The van der Waals surface area contributed by atoms with Gasteiger partial charge in [-0.1, -0.05) is 11.3 Å². The highest BCUT2D eigenvalue weighted by atomic mass is 32.1. The third-order valence-electron chi connectivity index (χ3n) is 2.38. The molecule has 0 aliphatic carbocycles. The number of aliphatic hydroxyl groups is 1. The van der Waals surface area contributed by atoms with Crippen LogP contribution in [0.3, 0.4) is 0 Å². The summed E-state index contributed by atoms with van der Waals surface area (Å²) in [5.41, 5.74) is 8.75. The molecule has 17 heavy (non-hydrogen) atoms. The van der Waals surface area contributed by atoms with Gasteiger partial charge in [-0.15, -0.1) is 0 Å². The third-order valence-corrected chi connectivity index (χ3v) is 3.37. The van der Waals surface area contributed by atoms with Gasteiger partial charge in [0.2, 0.25) is 5.51 Å². The van der Waals surface area contributed by atoms with Crippen LogP contribution in [0.15, 0.2) is 17.9 Å².